The average molecular weight is 334 g/mol. The fraction of sp³-hybridized carbons (Fsp3) is 0.529. The van der Waals surface area contributed by atoms with Crippen molar-refractivity contribution >= 4 is 23.2 Å². The van der Waals surface area contributed by atoms with Crippen LogP contribution < -0.4 is 10.9 Å². The number of rotatable bonds is 2. The summed E-state index contributed by atoms with van der Waals surface area (Å²) < 4.78 is 5.38. The number of ether oxygens (including phenoxy) is 1. The van der Waals surface area contributed by atoms with Crippen LogP contribution in [0.4, 0.5) is 0 Å². The molecule has 0 saturated carbocycles. The first kappa shape index (κ1) is 16.1. The number of amides is 2. The molecule has 5 nitrogen and oxygen atoms in total. The molecule has 0 radical (unpaired) electrons. The Balaban J connectivity index is 1.60. The van der Waals surface area contributed by atoms with Gasteiger partial charge in [0.05, 0.1) is 17.1 Å². The Kier molecular flexibility index (Phi) is 4.71. The molecule has 1 aliphatic carbocycles. The maximum atomic E-state index is 12.3. The Morgan fingerprint density at radius 1 is 1.26 bits per heavy atom. The monoisotopic (exact) mass is 334 g/mol. The summed E-state index contributed by atoms with van der Waals surface area (Å²) in [4.78, 5) is 26.3. The maximum Gasteiger partial charge on any atom is 0.279 e. The van der Waals surface area contributed by atoms with Crippen molar-refractivity contribution in [2.24, 2.45) is 5.92 Å². The molecule has 23 heavy (non-hydrogen) atoms. The number of thiophene rings is 1. The number of aryl methyl sites for hydroxylation is 1. The summed E-state index contributed by atoms with van der Waals surface area (Å²) in [7, 11) is 0. The first-order chi connectivity index (χ1) is 11.0. The smallest absolute Gasteiger partial charge is 0.279 e. The number of hydrogen-bond donors (Lipinski definition) is 2. The van der Waals surface area contributed by atoms with Gasteiger partial charge in [-0.3, -0.25) is 20.4 Å². The Morgan fingerprint density at radius 3 is 2.83 bits per heavy atom. The van der Waals surface area contributed by atoms with E-state index in [1.54, 1.807) is 6.92 Å². The molecule has 6 heteroatoms. The van der Waals surface area contributed by atoms with E-state index in [9.17, 15) is 9.59 Å². The molecule has 2 aliphatic rings. The lowest BCUT2D eigenvalue weighted by Crippen LogP contribution is -2.42. The molecule has 1 atom stereocenters. The van der Waals surface area contributed by atoms with Crippen molar-refractivity contribution in [1.82, 2.24) is 10.9 Å². The highest BCUT2D eigenvalue weighted by Crippen LogP contribution is 2.32. The molecule has 1 aromatic heterocycles. The van der Waals surface area contributed by atoms with E-state index in [4.69, 9.17) is 4.74 Å². The molecule has 2 N–H and O–H groups in total. The van der Waals surface area contributed by atoms with Crippen molar-refractivity contribution < 1.29 is 14.3 Å². The topological polar surface area (TPSA) is 67.4 Å². The normalized spacial score (nSPS) is 20.5. The van der Waals surface area contributed by atoms with Crippen molar-refractivity contribution in [3.05, 3.63) is 32.7 Å². The number of hydrogen-bond acceptors (Lipinski definition) is 4. The van der Waals surface area contributed by atoms with Gasteiger partial charge in [0.15, 0.2) is 0 Å². The van der Waals surface area contributed by atoms with E-state index < -0.39 is 0 Å². The minimum atomic E-state index is -0.287. The van der Waals surface area contributed by atoms with Gasteiger partial charge in [0.1, 0.15) is 5.76 Å². The second kappa shape index (κ2) is 6.74. The highest BCUT2D eigenvalue weighted by atomic mass is 32.1. The summed E-state index contributed by atoms with van der Waals surface area (Å²) in [6.07, 6.45) is 4.76. The van der Waals surface area contributed by atoms with Crippen LogP contribution in [0.1, 0.15) is 53.2 Å². The van der Waals surface area contributed by atoms with Gasteiger partial charge in [-0.1, -0.05) is 6.92 Å². The minimum Gasteiger partial charge on any atom is -0.498 e. The number of hydrazine groups is 1. The quantitative estimate of drug-likeness (QED) is 0.817. The molecule has 0 fully saturated rings. The van der Waals surface area contributed by atoms with Crippen molar-refractivity contribution in [2.75, 3.05) is 6.61 Å². The van der Waals surface area contributed by atoms with Crippen LogP contribution in [0, 0.1) is 5.92 Å². The predicted molar refractivity (Wildman–Crippen MR) is 89.0 cm³/mol. The van der Waals surface area contributed by atoms with E-state index in [0.29, 0.717) is 35.2 Å². The van der Waals surface area contributed by atoms with Crippen LogP contribution in [-0.2, 0) is 22.4 Å². The number of carbonyl (C=O) groups is 2. The van der Waals surface area contributed by atoms with Crippen molar-refractivity contribution in [1.29, 1.82) is 0 Å². The van der Waals surface area contributed by atoms with Gasteiger partial charge in [0, 0.05) is 4.88 Å². The van der Waals surface area contributed by atoms with Gasteiger partial charge >= 0.3 is 0 Å². The average Bonchev–Trinajstić information content (AvgIpc) is 2.95. The maximum absolute atomic E-state index is 12.3. The van der Waals surface area contributed by atoms with Crippen LogP contribution in [0.5, 0.6) is 0 Å². The Hall–Kier alpha value is -1.82. The van der Waals surface area contributed by atoms with E-state index in [0.717, 1.165) is 19.3 Å². The van der Waals surface area contributed by atoms with Gasteiger partial charge in [0.2, 0.25) is 0 Å². The lowest BCUT2D eigenvalue weighted by molar-refractivity contribution is -0.118. The van der Waals surface area contributed by atoms with Crippen molar-refractivity contribution in [3.63, 3.8) is 0 Å². The Labute approximate surface area is 140 Å². The summed E-state index contributed by atoms with van der Waals surface area (Å²) in [6.45, 7) is 4.67. The SMILES string of the molecule is CC1=C(C(=O)NNC(=O)c2cc3c(s2)CCC(C)C3)CCCO1. The van der Waals surface area contributed by atoms with E-state index in [1.807, 2.05) is 6.07 Å². The minimum absolute atomic E-state index is 0.250. The van der Waals surface area contributed by atoms with Gasteiger partial charge in [0.25, 0.3) is 11.8 Å². The van der Waals surface area contributed by atoms with Gasteiger partial charge in [-0.25, -0.2) is 0 Å². The van der Waals surface area contributed by atoms with Crippen LogP contribution in [0.2, 0.25) is 0 Å². The third-order valence-electron chi connectivity index (χ3n) is 4.43. The van der Waals surface area contributed by atoms with Gasteiger partial charge in [-0.15, -0.1) is 11.3 Å². The van der Waals surface area contributed by atoms with Gasteiger partial charge in [-0.2, -0.15) is 0 Å². The predicted octanol–water partition coefficient (Wildman–Crippen LogP) is 2.72. The third kappa shape index (κ3) is 3.58. The fourth-order valence-electron chi connectivity index (χ4n) is 3.08. The van der Waals surface area contributed by atoms with Crippen LogP contribution in [0.25, 0.3) is 0 Å². The molecule has 3 rings (SSSR count). The van der Waals surface area contributed by atoms with E-state index >= 15 is 0 Å². The first-order valence-corrected chi connectivity index (χ1v) is 8.91. The number of fused-ring (bicyclic) bond motifs is 1. The molecular formula is C17H22N2O3S. The molecule has 0 bridgehead atoms. The zero-order chi connectivity index (χ0) is 16.4. The standard InChI is InChI=1S/C17H22N2O3S/c1-10-5-6-14-12(8-10)9-15(23-14)17(21)19-18-16(20)13-4-3-7-22-11(13)2/h9-10H,3-8H2,1-2H3,(H,18,20)(H,19,21). The van der Waals surface area contributed by atoms with Crippen LogP contribution >= 0.6 is 11.3 Å². The second-order valence-electron chi connectivity index (χ2n) is 6.30. The number of allylic oxidation sites excluding steroid dienone is 1. The summed E-state index contributed by atoms with van der Waals surface area (Å²) in [5, 5.41) is 0. The van der Waals surface area contributed by atoms with E-state index in [2.05, 4.69) is 17.8 Å². The zero-order valence-corrected chi connectivity index (χ0v) is 14.3. The molecule has 0 aromatic carbocycles. The van der Waals surface area contributed by atoms with Crippen LogP contribution in [0.3, 0.4) is 0 Å². The third-order valence-corrected chi connectivity index (χ3v) is 5.67. The van der Waals surface area contributed by atoms with Crippen LogP contribution in [-0.4, -0.2) is 18.4 Å². The van der Waals surface area contributed by atoms with Gasteiger partial charge in [-0.05, 0) is 56.6 Å². The summed E-state index contributed by atoms with van der Waals surface area (Å²) in [5.74, 6) is 0.781. The van der Waals surface area contributed by atoms with Gasteiger partial charge < -0.3 is 4.74 Å². The van der Waals surface area contributed by atoms with E-state index in [1.165, 1.54) is 28.2 Å². The first-order valence-electron chi connectivity index (χ1n) is 8.09. The second-order valence-corrected chi connectivity index (χ2v) is 7.44. The summed E-state index contributed by atoms with van der Waals surface area (Å²) in [6, 6.07) is 1.96. The molecule has 0 spiro atoms. The molecule has 1 aromatic rings. The number of carbonyl (C=O) groups excluding carboxylic acids is 2. The van der Waals surface area contributed by atoms with Crippen LogP contribution in [0.15, 0.2) is 17.4 Å². The summed E-state index contributed by atoms with van der Waals surface area (Å²) in [5.41, 5.74) is 6.91. The lowest BCUT2D eigenvalue weighted by atomic mass is 9.90. The molecule has 1 aliphatic heterocycles. The van der Waals surface area contributed by atoms with Crippen molar-refractivity contribution in [2.45, 2.75) is 46.0 Å². The Morgan fingerprint density at radius 2 is 2.04 bits per heavy atom. The highest BCUT2D eigenvalue weighted by Gasteiger charge is 2.22. The largest absolute Gasteiger partial charge is 0.498 e. The Bertz CT molecular complexity index is 663. The molecule has 124 valence electrons. The molecular weight excluding hydrogens is 312 g/mol. The highest BCUT2D eigenvalue weighted by molar-refractivity contribution is 7.14. The fourth-order valence-corrected chi connectivity index (χ4v) is 4.18. The number of nitrogens with one attached hydrogen (secondary N) is 2. The molecule has 2 amide bonds. The molecule has 1 unspecified atom stereocenters. The lowest BCUT2D eigenvalue weighted by Gasteiger charge is -2.18. The van der Waals surface area contributed by atoms with E-state index in [-0.39, 0.29) is 11.8 Å². The molecule has 0 saturated heterocycles. The zero-order valence-electron chi connectivity index (χ0n) is 13.5. The van der Waals surface area contributed by atoms with Crippen molar-refractivity contribution in [3.8, 4) is 0 Å². The molecule has 2 heterocycles. The summed E-state index contributed by atoms with van der Waals surface area (Å²) >= 11 is 1.53.